The Morgan fingerprint density at radius 1 is 0.593 bits per heavy atom. The van der Waals surface area contributed by atoms with E-state index < -0.39 is 6.85 Å². The van der Waals surface area contributed by atoms with Crippen molar-refractivity contribution in [1.29, 1.82) is 0 Å². The molecule has 2 heterocycles. The Morgan fingerprint density at radius 2 is 1.37 bits per heavy atom. The number of fused-ring (bicyclic) bond motifs is 1. The molecule has 0 amide bonds. The van der Waals surface area contributed by atoms with E-state index in [2.05, 4.69) is 117 Å². The summed E-state index contributed by atoms with van der Waals surface area (Å²) in [6.45, 7) is 10.6. The van der Waals surface area contributed by atoms with Gasteiger partial charge in [-0.1, -0.05) is 111 Å². The molecule has 8 rings (SSSR count). The highest BCUT2D eigenvalue weighted by molar-refractivity contribution is 5.97. The first-order valence-electron chi connectivity index (χ1n) is 19.9. The lowest BCUT2D eigenvalue weighted by Gasteiger charge is -2.22. The summed E-state index contributed by atoms with van der Waals surface area (Å²) < 4.78 is 25.5. The van der Waals surface area contributed by atoms with E-state index in [1.54, 1.807) is 12.1 Å². The summed E-state index contributed by atoms with van der Waals surface area (Å²) in [6.07, 6.45) is 1.81. The Kier molecular flexibility index (Phi) is 7.89. The Bertz CT molecular complexity index is 2790. The summed E-state index contributed by atoms with van der Waals surface area (Å²) in [5.41, 5.74) is 15.6. The van der Waals surface area contributed by atoms with Gasteiger partial charge in [-0.15, -0.1) is 0 Å². The van der Waals surface area contributed by atoms with E-state index in [0.29, 0.717) is 17.0 Å². The highest BCUT2D eigenvalue weighted by atomic mass is 16.3. The number of aryl methyl sites for hydroxylation is 4. The second-order valence-corrected chi connectivity index (χ2v) is 15.3. The highest BCUT2D eigenvalue weighted by Gasteiger charge is 2.23. The van der Waals surface area contributed by atoms with Gasteiger partial charge in [-0.2, -0.15) is 0 Å². The Hall–Kier alpha value is -6.26. The van der Waals surface area contributed by atoms with Crippen molar-refractivity contribution in [3.8, 4) is 67.5 Å². The second-order valence-electron chi connectivity index (χ2n) is 15.3. The maximum Gasteiger partial charge on any atom is 0.149 e. The topological polar surface area (TPSA) is 50.9 Å². The van der Waals surface area contributed by atoms with Crippen LogP contribution in [0.1, 0.15) is 52.7 Å². The number of phenols is 1. The number of aromatic nitrogens is 3. The lowest BCUT2D eigenvalue weighted by molar-refractivity contribution is 0.472. The third-order valence-corrected chi connectivity index (χ3v) is 10.3. The Labute approximate surface area is 322 Å². The molecule has 0 aliphatic carbocycles. The monoisotopic (exact) mass is 706 g/mol. The van der Waals surface area contributed by atoms with E-state index in [9.17, 15) is 5.11 Å². The largest absolute Gasteiger partial charge is 0.507 e. The molecule has 0 atom stereocenters. The Balaban J connectivity index is 1.32. The van der Waals surface area contributed by atoms with Crippen molar-refractivity contribution in [3.63, 3.8) is 0 Å². The minimum Gasteiger partial charge on any atom is -0.507 e. The molecule has 0 unspecified atom stereocenters. The number of phenolic OH excluding ortho intramolecular Hbond substituents is 1. The van der Waals surface area contributed by atoms with Crippen LogP contribution in [0.3, 0.4) is 0 Å². The fraction of sp³-hybridized carbons (Fsp3) is 0.160. The lowest BCUT2D eigenvalue weighted by atomic mass is 9.83. The number of para-hydroxylation sites is 1. The van der Waals surface area contributed by atoms with E-state index in [4.69, 9.17) is 14.1 Å². The van der Waals surface area contributed by atoms with Gasteiger partial charge in [0, 0.05) is 27.1 Å². The van der Waals surface area contributed by atoms with Crippen LogP contribution in [0.4, 0.5) is 0 Å². The zero-order valence-corrected chi connectivity index (χ0v) is 31.6. The van der Waals surface area contributed by atoms with Crippen molar-refractivity contribution in [1.82, 2.24) is 14.5 Å². The van der Waals surface area contributed by atoms with Crippen LogP contribution >= 0.6 is 0 Å². The normalized spacial score (nSPS) is 12.7. The van der Waals surface area contributed by atoms with Gasteiger partial charge < -0.3 is 5.11 Å². The molecule has 0 fully saturated rings. The summed E-state index contributed by atoms with van der Waals surface area (Å²) in [4.78, 5) is 10.2. The van der Waals surface area contributed by atoms with Crippen molar-refractivity contribution >= 4 is 11.0 Å². The predicted molar refractivity (Wildman–Crippen MR) is 225 cm³/mol. The number of benzene rings is 6. The molecule has 0 bridgehead atoms. The molecule has 0 saturated carbocycles. The van der Waals surface area contributed by atoms with Crippen LogP contribution in [0.25, 0.3) is 72.7 Å². The van der Waals surface area contributed by atoms with Crippen LogP contribution in [-0.4, -0.2) is 19.6 Å². The van der Waals surface area contributed by atoms with E-state index in [-0.39, 0.29) is 11.2 Å². The fourth-order valence-corrected chi connectivity index (χ4v) is 7.43. The number of nitrogens with zero attached hydrogens (tertiary/aromatic N) is 3. The van der Waals surface area contributed by atoms with Crippen LogP contribution in [0.5, 0.6) is 5.75 Å². The average Bonchev–Trinajstić information content (AvgIpc) is 3.58. The SMILES string of the molecule is [2H]C([2H])([2H])c1ccc(-c2ccnc(-c3cc(-c4cccc5c4nc(-c4cc(C)cc(C)c4O)n5-c4ccc(-c5ccccc5)c(C)c4)cc(C(C)(C)C)c3)c2)cc1. The van der Waals surface area contributed by atoms with Gasteiger partial charge in [0.15, 0.2) is 0 Å². The van der Waals surface area contributed by atoms with Crippen molar-refractivity contribution in [2.24, 2.45) is 0 Å². The molecule has 0 spiro atoms. The molecule has 1 N–H and O–H groups in total. The van der Waals surface area contributed by atoms with Crippen molar-refractivity contribution in [2.45, 2.75) is 53.8 Å². The molecule has 4 nitrogen and oxygen atoms in total. The van der Waals surface area contributed by atoms with Gasteiger partial charge in [0.25, 0.3) is 0 Å². The van der Waals surface area contributed by atoms with Gasteiger partial charge in [0.2, 0.25) is 0 Å². The van der Waals surface area contributed by atoms with Crippen LogP contribution in [0.2, 0.25) is 0 Å². The van der Waals surface area contributed by atoms with E-state index >= 15 is 0 Å². The second kappa shape index (κ2) is 13.6. The molecule has 0 radical (unpaired) electrons. The first-order chi connectivity index (χ1) is 27.2. The van der Waals surface area contributed by atoms with Gasteiger partial charge in [0.05, 0.1) is 22.3 Å². The minimum absolute atomic E-state index is 0.172. The molecule has 0 aliphatic rings. The van der Waals surface area contributed by atoms with E-state index in [1.807, 2.05) is 56.4 Å². The zero-order valence-electron chi connectivity index (χ0n) is 34.6. The Morgan fingerprint density at radius 3 is 2.11 bits per heavy atom. The lowest BCUT2D eigenvalue weighted by Crippen LogP contribution is -2.11. The standard InChI is InChI=1S/C50H45N3O/c1-31-16-18-35(19-17-31)37-22-23-51-45(30-37)39-27-38(28-40(29-39)50(5,6)7)43-14-11-15-46-47(43)52-49(44-25-32(2)24-34(4)48(44)54)53(46)41-20-21-42(33(3)26-41)36-12-9-8-10-13-36/h8-30,54H,1-7H3/i1D3. The highest BCUT2D eigenvalue weighted by Crippen LogP contribution is 2.41. The maximum absolute atomic E-state index is 11.6. The molecule has 2 aromatic heterocycles. The number of pyridine rings is 1. The number of hydrogen-bond acceptors (Lipinski definition) is 3. The number of aromatic hydroxyl groups is 1. The summed E-state index contributed by atoms with van der Waals surface area (Å²) >= 11 is 0. The van der Waals surface area contributed by atoms with Crippen LogP contribution in [-0.2, 0) is 5.41 Å². The summed E-state index contributed by atoms with van der Waals surface area (Å²) in [5.74, 6) is 0.882. The first-order valence-corrected chi connectivity index (χ1v) is 18.4. The molecular weight excluding hydrogens is 659 g/mol. The number of imidazole rings is 1. The molecule has 0 aliphatic heterocycles. The van der Waals surface area contributed by atoms with E-state index in [0.717, 1.165) is 83.6 Å². The summed E-state index contributed by atoms with van der Waals surface area (Å²) in [5, 5.41) is 11.6. The molecule has 54 heavy (non-hydrogen) atoms. The molecule has 4 heteroatoms. The van der Waals surface area contributed by atoms with Gasteiger partial charge >= 0.3 is 0 Å². The van der Waals surface area contributed by atoms with Crippen LogP contribution in [0.15, 0.2) is 140 Å². The molecular formula is C50H45N3O. The van der Waals surface area contributed by atoms with Crippen molar-refractivity contribution in [2.75, 3.05) is 0 Å². The quantitative estimate of drug-likeness (QED) is 0.187. The third kappa shape index (κ3) is 6.49. The maximum atomic E-state index is 11.6. The predicted octanol–water partition coefficient (Wildman–Crippen LogP) is 13.0. The minimum atomic E-state index is -2.16. The van der Waals surface area contributed by atoms with Crippen LogP contribution < -0.4 is 0 Å². The summed E-state index contributed by atoms with van der Waals surface area (Å²) in [6, 6.07) is 44.9. The zero-order chi connectivity index (χ0) is 40.2. The van der Waals surface area contributed by atoms with Crippen molar-refractivity contribution < 1.29 is 9.22 Å². The molecule has 6 aromatic carbocycles. The third-order valence-electron chi connectivity index (χ3n) is 10.3. The average molecular weight is 707 g/mol. The summed E-state index contributed by atoms with van der Waals surface area (Å²) in [7, 11) is 0. The van der Waals surface area contributed by atoms with Crippen molar-refractivity contribution in [3.05, 3.63) is 167 Å². The van der Waals surface area contributed by atoms with Crippen LogP contribution in [0, 0.1) is 27.6 Å². The molecule has 0 saturated heterocycles. The molecule has 266 valence electrons. The number of hydrogen-bond donors (Lipinski definition) is 1. The van der Waals surface area contributed by atoms with Gasteiger partial charge in [-0.25, -0.2) is 4.98 Å². The first kappa shape index (κ1) is 31.3. The van der Waals surface area contributed by atoms with E-state index in [1.165, 1.54) is 0 Å². The smallest absolute Gasteiger partial charge is 0.149 e. The fourth-order valence-electron chi connectivity index (χ4n) is 7.43. The van der Waals surface area contributed by atoms with Gasteiger partial charge in [0.1, 0.15) is 11.6 Å². The molecule has 8 aromatic rings. The number of rotatable bonds is 6. The van der Waals surface area contributed by atoms with Gasteiger partial charge in [-0.3, -0.25) is 9.55 Å². The van der Waals surface area contributed by atoms with Gasteiger partial charge in [-0.05, 0) is 132 Å².